The molecule has 0 spiro atoms. The van der Waals surface area contributed by atoms with Crippen LogP contribution in [0.5, 0.6) is 0 Å². The van der Waals surface area contributed by atoms with Gasteiger partial charge in [0.15, 0.2) is 5.82 Å². The van der Waals surface area contributed by atoms with Gasteiger partial charge in [-0.25, -0.2) is 4.68 Å². The molecule has 0 bridgehead atoms. The van der Waals surface area contributed by atoms with Gasteiger partial charge < -0.3 is 4.42 Å². The van der Waals surface area contributed by atoms with Gasteiger partial charge in [-0.1, -0.05) is 24.3 Å². The summed E-state index contributed by atoms with van der Waals surface area (Å²) in [5.74, 6) is 1.70. The molecule has 1 aliphatic rings. The van der Waals surface area contributed by atoms with Gasteiger partial charge in [0.25, 0.3) is 0 Å². The van der Waals surface area contributed by atoms with Gasteiger partial charge >= 0.3 is 0 Å². The molecule has 0 N–H and O–H groups in total. The minimum absolute atomic E-state index is 0.0995. The summed E-state index contributed by atoms with van der Waals surface area (Å²) in [5, 5.41) is 12.6. The van der Waals surface area contributed by atoms with Crippen molar-refractivity contribution in [1.82, 2.24) is 25.1 Å². The lowest BCUT2D eigenvalue weighted by Gasteiger charge is -2.35. The summed E-state index contributed by atoms with van der Waals surface area (Å²) < 4.78 is 7.68. The topological polar surface area (TPSA) is 60.0 Å². The van der Waals surface area contributed by atoms with Crippen molar-refractivity contribution in [3.63, 3.8) is 0 Å². The Hall–Kier alpha value is -2.47. The predicted molar refractivity (Wildman–Crippen MR) is 93.9 cm³/mol. The number of fused-ring (bicyclic) bond motifs is 1. The van der Waals surface area contributed by atoms with Crippen molar-refractivity contribution in [3.8, 4) is 0 Å². The lowest BCUT2D eigenvalue weighted by atomic mass is 9.97. The van der Waals surface area contributed by atoms with Crippen molar-refractivity contribution in [1.29, 1.82) is 0 Å². The Kier molecular flexibility index (Phi) is 3.92. The molecule has 0 aliphatic carbocycles. The van der Waals surface area contributed by atoms with Crippen LogP contribution in [0.1, 0.15) is 49.5 Å². The van der Waals surface area contributed by atoms with E-state index >= 15 is 0 Å². The van der Waals surface area contributed by atoms with E-state index < -0.39 is 0 Å². The monoisotopic (exact) mass is 337 g/mol. The molecule has 4 rings (SSSR count). The van der Waals surface area contributed by atoms with Crippen molar-refractivity contribution in [3.05, 3.63) is 65.4 Å². The van der Waals surface area contributed by atoms with E-state index in [4.69, 9.17) is 4.42 Å². The van der Waals surface area contributed by atoms with Gasteiger partial charge in [0.2, 0.25) is 0 Å². The molecular weight excluding hydrogens is 314 g/mol. The maximum Gasteiger partial charge on any atom is 0.176 e. The zero-order chi connectivity index (χ0) is 17.4. The maximum absolute atomic E-state index is 5.78. The number of nitrogens with zero attached hydrogens (tertiary/aromatic N) is 5. The van der Waals surface area contributed by atoms with Crippen molar-refractivity contribution in [2.75, 3.05) is 6.54 Å². The molecule has 25 heavy (non-hydrogen) atoms. The first-order chi connectivity index (χ1) is 12.0. The molecule has 1 unspecified atom stereocenters. The van der Waals surface area contributed by atoms with Crippen LogP contribution in [0.4, 0.5) is 0 Å². The third kappa shape index (κ3) is 2.98. The molecule has 2 aromatic heterocycles. The Morgan fingerprint density at radius 3 is 2.60 bits per heavy atom. The Morgan fingerprint density at radius 1 is 1.08 bits per heavy atom. The zero-order valence-corrected chi connectivity index (χ0v) is 14.9. The van der Waals surface area contributed by atoms with Crippen LogP contribution in [0.2, 0.25) is 0 Å². The van der Waals surface area contributed by atoms with Crippen LogP contribution >= 0.6 is 0 Å². The lowest BCUT2D eigenvalue weighted by Crippen LogP contribution is -2.38. The third-order valence-electron chi connectivity index (χ3n) is 4.71. The summed E-state index contributed by atoms with van der Waals surface area (Å²) in [6, 6.07) is 12.5. The highest BCUT2D eigenvalue weighted by atomic mass is 16.3. The second kappa shape index (κ2) is 6.11. The van der Waals surface area contributed by atoms with Crippen molar-refractivity contribution < 1.29 is 4.42 Å². The molecule has 1 aliphatic heterocycles. The second-order valence-electron chi connectivity index (χ2n) is 7.53. The van der Waals surface area contributed by atoms with E-state index in [1.165, 1.54) is 11.1 Å². The molecule has 0 fully saturated rings. The maximum atomic E-state index is 5.78. The van der Waals surface area contributed by atoms with Gasteiger partial charge in [-0.2, -0.15) is 0 Å². The van der Waals surface area contributed by atoms with Gasteiger partial charge in [0, 0.05) is 13.1 Å². The van der Waals surface area contributed by atoms with Crippen LogP contribution < -0.4 is 0 Å². The summed E-state index contributed by atoms with van der Waals surface area (Å²) in [6.45, 7) is 8.13. The van der Waals surface area contributed by atoms with Crippen LogP contribution in [-0.4, -0.2) is 31.7 Å². The van der Waals surface area contributed by atoms with Crippen LogP contribution in [0.3, 0.4) is 0 Å². The number of benzene rings is 1. The van der Waals surface area contributed by atoms with Gasteiger partial charge in [-0.3, -0.25) is 4.90 Å². The van der Waals surface area contributed by atoms with E-state index in [1.54, 1.807) is 6.26 Å². The predicted octanol–water partition coefficient (Wildman–Crippen LogP) is 3.17. The Labute approximate surface area is 147 Å². The van der Waals surface area contributed by atoms with Crippen LogP contribution in [0.15, 0.2) is 47.1 Å². The quantitative estimate of drug-likeness (QED) is 0.735. The first-order valence-electron chi connectivity index (χ1n) is 8.67. The van der Waals surface area contributed by atoms with Gasteiger partial charge in [0.1, 0.15) is 11.8 Å². The van der Waals surface area contributed by atoms with E-state index in [0.717, 1.165) is 31.1 Å². The molecule has 6 nitrogen and oxygen atoms in total. The summed E-state index contributed by atoms with van der Waals surface area (Å²) >= 11 is 0. The van der Waals surface area contributed by atoms with E-state index in [9.17, 15) is 0 Å². The molecule has 1 atom stereocenters. The lowest BCUT2D eigenvalue weighted by molar-refractivity contribution is 0.167. The first kappa shape index (κ1) is 16.0. The molecule has 1 aromatic carbocycles. The van der Waals surface area contributed by atoms with E-state index in [0.29, 0.717) is 0 Å². The standard InChI is InChI=1S/C19H23N5O/c1-19(2,3)24-18(20-21-22-24)17(16-9-6-12-25-16)23-11-10-14-7-4-5-8-15(14)13-23/h4-9,12,17H,10-11,13H2,1-3H3. The fourth-order valence-electron chi connectivity index (χ4n) is 3.50. The largest absolute Gasteiger partial charge is 0.467 e. The zero-order valence-electron chi connectivity index (χ0n) is 14.9. The highest BCUT2D eigenvalue weighted by molar-refractivity contribution is 5.30. The van der Waals surface area contributed by atoms with E-state index in [2.05, 4.69) is 65.5 Å². The number of aromatic nitrogens is 4. The molecule has 0 saturated heterocycles. The highest BCUT2D eigenvalue weighted by Crippen LogP contribution is 2.33. The summed E-state index contributed by atoms with van der Waals surface area (Å²) in [5.41, 5.74) is 2.59. The second-order valence-corrected chi connectivity index (χ2v) is 7.53. The van der Waals surface area contributed by atoms with E-state index in [1.807, 2.05) is 16.8 Å². The average molecular weight is 337 g/mol. The highest BCUT2D eigenvalue weighted by Gasteiger charge is 2.34. The van der Waals surface area contributed by atoms with E-state index in [-0.39, 0.29) is 11.6 Å². The molecule has 0 radical (unpaired) electrons. The Bertz CT molecular complexity index is 847. The molecule has 0 saturated carbocycles. The average Bonchev–Trinajstić information content (AvgIpc) is 3.27. The van der Waals surface area contributed by atoms with Crippen LogP contribution in [0, 0.1) is 0 Å². The summed E-state index contributed by atoms with van der Waals surface area (Å²) in [7, 11) is 0. The number of hydrogen-bond donors (Lipinski definition) is 0. The fraction of sp³-hybridized carbons (Fsp3) is 0.421. The SMILES string of the molecule is CC(C)(C)n1nnnc1C(c1ccco1)N1CCc2ccccc2C1. The number of furan rings is 1. The summed E-state index contributed by atoms with van der Waals surface area (Å²) in [4.78, 5) is 2.40. The van der Waals surface area contributed by atoms with Crippen LogP contribution in [0.25, 0.3) is 0 Å². The Morgan fingerprint density at radius 2 is 1.88 bits per heavy atom. The normalized spacial score (nSPS) is 16.6. The molecule has 3 heterocycles. The minimum atomic E-state index is -0.197. The Balaban J connectivity index is 1.76. The first-order valence-corrected chi connectivity index (χ1v) is 8.67. The van der Waals surface area contributed by atoms with Crippen molar-refractivity contribution in [2.45, 2.75) is 45.3 Å². The number of rotatable bonds is 3. The fourth-order valence-corrected chi connectivity index (χ4v) is 3.50. The van der Waals surface area contributed by atoms with Gasteiger partial charge in [-0.15, -0.1) is 5.10 Å². The van der Waals surface area contributed by atoms with Gasteiger partial charge in [0.05, 0.1) is 11.8 Å². The smallest absolute Gasteiger partial charge is 0.176 e. The molecular formula is C19H23N5O. The number of hydrogen-bond acceptors (Lipinski definition) is 5. The molecule has 3 aromatic rings. The third-order valence-corrected chi connectivity index (χ3v) is 4.71. The molecule has 6 heteroatoms. The van der Waals surface area contributed by atoms with Gasteiger partial charge in [-0.05, 0) is 60.9 Å². The minimum Gasteiger partial charge on any atom is -0.467 e. The summed E-state index contributed by atoms with van der Waals surface area (Å²) in [6.07, 6.45) is 2.73. The molecule has 0 amide bonds. The molecule has 130 valence electrons. The number of tetrazole rings is 1. The van der Waals surface area contributed by atoms with Crippen LogP contribution in [-0.2, 0) is 18.5 Å². The van der Waals surface area contributed by atoms with Crippen molar-refractivity contribution >= 4 is 0 Å². The van der Waals surface area contributed by atoms with Crippen molar-refractivity contribution in [2.24, 2.45) is 0 Å².